The Balaban J connectivity index is 1.73. The highest BCUT2D eigenvalue weighted by Crippen LogP contribution is 2.14. The first kappa shape index (κ1) is 23.6. The first-order valence-corrected chi connectivity index (χ1v) is 12.6. The van der Waals surface area contributed by atoms with E-state index in [2.05, 4.69) is 44.8 Å². The molecule has 1 aromatic rings. The molecule has 1 saturated heterocycles. The maximum atomic E-state index is 11.1. The summed E-state index contributed by atoms with van der Waals surface area (Å²) in [4.78, 5) is 7.15. The first-order valence-electron chi connectivity index (χ1n) is 10.5. The van der Waals surface area contributed by atoms with Gasteiger partial charge in [-0.3, -0.25) is 4.90 Å². The molecule has 29 heavy (non-hydrogen) atoms. The minimum atomic E-state index is -2.97. The fourth-order valence-electron chi connectivity index (χ4n) is 3.19. The fraction of sp³-hybridized carbons (Fsp3) is 0.667. The van der Waals surface area contributed by atoms with Gasteiger partial charge >= 0.3 is 0 Å². The average molecular weight is 425 g/mol. The molecule has 0 spiro atoms. The lowest BCUT2D eigenvalue weighted by molar-refractivity contribution is 0.154. The van der Waals surface area contributed by atoms with Crippen molar-refractivity contribution in [1.82, 2.24) is 15.5 Å². The van der Waals surface area contributed by atoms with E-state index in [1.165, 1.54) is 49.7 Å². The number of ether oxygens (including phenoxy) is 1. The number of benzene rings is 1. The molecule has 1 aromatic carbocycles. The molecule has 2 N–H and O–H groups in total. The van der Waals surface area contributed by atoms with Crippen LogP contribution in [-0.2, 0) is 27.7 Å². The van der Waals surface area contributed by atoms with Crippen LogP contribution in [0.1, 0.15) is 37.3 Å². The second-order valence-corrected chi connectivity index (χ2v) is 9.78. The van der Waals surface area contributed by atoms with Crippen LogP contribution in [0.25, 0.3) is 0 Å². The summed E-state index contributed by atoms with van der Waals surface area (Å²) >= 11 is 0. The van der Waals surface area contributed by atoms with Gasteiger partial charge in [-0.2, -0.15) is 0 Å². The second kappa shape index (κ2) is 12.8. The maximum Gasteiger partial charge on any atom is 0.191 e. The molecule has 1 aliphatic heterocycles. The SMILES string of the molecule is CCNC(=NCc1ccc(CN2CCCCC2)cc1)NCCOCCS(C)(=O)=O. The Hall–Kier alpha value is -1.64. The molecule has 0 saturated carbocycles. The lowest BCUT2D eigenvalue weighted by Crippen LogP contribution is -2.39. The quantitative estimate of drug-likeness (QED) is 0.320. The van der Waals surface area contributed by atoms with E-state index in [-0.39, 0.29) is 12.4 Å². The van der Waals surface area contributed by atoms with Crippen molar-refractivity contribution in [1.29, 1.82) is 0 Å². The molecule has 0 aliphatic carbocycles. The van der Waals surface area contributed by atoms with E-state index >= 15 is 0 Å². The molecule has 0 bridgehead atoms. The van der Waals surface area contributed by atoms with Crippen LogP contribution in [0.15, 0.2) is 29.3 Å². The van der Waals surface area contributed by atoms with Crippen molar-refractivity contribution >= 4 is 15.8 Å². The summed E-state index contributed by atoms with van der Waals surface area (Å²) in [5.74, 6) is 0.783. The molecule has 0 radical (unpaired) electrons. The van der Waals surface area contributed by atoms with E-state index < -0.39 is 9.84 Å². The average Bonchev–Trinajstić information content (AvgIpc) is 2.69. The third-order valence-electron chi connectivity index (χ3n) is 4.78. The fourth-order valence-corrected chi connectivity index (χ4v) is 3.61. The molecule has 0 unspecified atom stereocenters. The van der Waals surface area contributed by atoms with Crippen LogP contribution in [0, 0.1) is 0 Å². The van der Waals surface area contributed by atoms with E-state index in [0.29, 0.717) is 19.7 Å². The molecular formula is C21H36N4O3S. The minimum absolute atomic E-state index is 0.0505. The predicted molar refractivity (Wildman–Crippen MR) is 119 cm³/mol. The van der Waals surface area contributed by atoms with Crippen molar-refractivity contribution in [2.45, 2.75) is 39.3 Å². The van der Waals surface area contributed by atoms with Gasteiger partial charge in [0.1, 0.15) is 9.84 Å². The van der Waals surface area contributed by atoms with Crippen LogP contribution in [0.2, 0.25) is 0 Å². The van der Waals surface area contributed by atoms with Crippen molar-refractivity contribution in [3.05, 3.63) is 35.4 Å². The van der Waals surface area contributed by atoms with Crippen LogP contribution < -0.4 is 10.6 Å². The molecule has 2 rings (SSSR count). The molecule has 0 amide bonds. The Morgan fingerprint density at radius 3 is 2.41 bits per heavy atom. The Morgan fingerprint density at radius 2 is 1.76 bits per heavy atom. The van der Waals surface area contributed by atoms with Gasteiger partial charge in [-0.05, 0) is 44.0 Å². The minimum Gasteiger partial charge on any atom is -0.379 e. The van der Waals surface area contributed by atoms with Gasteiger partial charge < -0.3 is 15.4 Å². The van der Waals surface area contributed by atoms with Crippen molar-refractivity contribution in [3.8, 4) is 0 Å². The largest absolute Gasteiger partial charge is 0.379 e. The maximum absolute atomic E-state index is 11.1. The number of sulfone groups is 1. The second-order valence-electron chi connectivity index (χ2n) is 7.52. The Labute approximate surface area is 175 Å². The van der Waals surface area contributed by atoms with Crippen LogP contribution >= 0.6 is 0 Å². The number of likely N-dealkylation sites (tertiary alicyclic amines) is 1. The van der Waals surface area contributed by atoms with Crippen LogP contribution in [0.5, 0.6) is 0 Å². The summed E-state index contributed by atoms with van der Waals surface area (Å²) in [7, 11) is -2.97. The number of guanidine groups is 1. The Morgan fingerprint density at radius 1 is 1.07 bits per heavy atom. The monoisotopic (exact) mass is 424 g/mol. The number of rotatable bonds is 11. The number of piperidine rings is 1. The third-order valence-corrected chi connectivity index (χ3v) is 5.69. The van der Waals surface area contributed by atoms with Gasteiger partial charge in [0.15, 0.2) is 5.96 Å². The lowest BCUT2D eigenvalue weighted by atomic mass is 10.1. The summed E-state index contributed by atoms with van der Waals surface area (Å²) in [5.41, 5.74) is 2.53. The van der Waals surface area contributed by atoms with Crippen LogP contribution in [-0.4, -0.2) is 70.7 Å². The standard InChI is InChI=1S/C21H36N4O3S/c1-3-22-21(23-11-14-28-15-16-29(2,26)27)24-17-19-7-9-20(10-8-19)18-25-12-5-4-6-13-25/h7-10H,3-6,11-18H2,1-2H3,(H2,22,23,24). The Bertz CT molecular complexity index is 714. The van der Waals surface area contributed by atoms with Crippen molar-refractivity contribution in [3.63, 3.8) is 0 Å². The van der Waals surface area contributed by atoms with E-state index in [4.69, 9.17) is 4.74 Å². The van der Waals surface area contributed by atoms with Crippen LogP contribution in [0.4, 0.5) is 0 Å². The Kier molecular flexibility index (Phi) is 10.5. The first-order chi connectivity index (χ1) is 14.0. The zero-order chi connectivity index (χ0) is 21.0. The van der Waals surface area contributed by atoms with Crippen molar-refractivity contribution in [2.24, 2.45) is 4.99 Å². The van der Waals surface area contributed by atoms with E-state index in [1.807, 2.05) is 6.92 Å². The van der Waals surface area contributed by atoms with E-state index in [1.54, 1.807) is 0 Å². The molecule has 1 heterocycles. The van der Waals surface area contributed by atoms with Gasteiger partial charge in [-0.1, -0.05) is 30.7 Å². The number of hydrogen-bond donors (Lipinski definition) is 2. The molecule has 7 nitrogen and oxygen atoms in total. The summed E-state index contributed by atoms with van der Waals surface area (Å²) in [6.07, 6.45) is 5.21. The summed E-state index contributed by atoms with van der Waals surface area (Å²) < 4.78 is 27.5. The lowest BCUT2D eigenvalue weighted by Gasteiger charge is -2.26. The van der Waals surface area contributed by atoms with Gasteiger partial charge in [0.05, 0.1) is 25.5 Å². The highest BCUT2D eigenvalue weighted by Gasteiger charge is 2.10. The van der Waals surface area contributed by atoms with Gasteiger partial charge in [0, 0.05) is 25.9 Å². The van der Waals surface area contributed by atoms with Gasteiger partial charge in [-0.15, -0.1) is 0 Å². The normalized spacial score (nSPS) is 16.0. The molecule has 164 valence electrons. The topological polar surface area (TPSA) is 83.0 Å². The third kappa shape index (κ3) is 10.6. The summed E-state index contributed by atoms with van der Waals surface area (Å²) in [6.45, 7) is 8.09. The highest BCUT2D eigenvalue weighted by molar-refractivity contribution is 7.90. The molecule has 1 aliphatic rings. The summed E-state index contributed by atoms with van der Waals surface area (Å²) in [6, 6.07) is 8.71. The molecular weight excluding hydrogens is 388 g/mol. The van der Waals surface area contributed by atoms with Gasteiger partial charge in [0.2, 0.25) is 0 Å². The van der Waals surface area contributed by atoms with Crippen molar-refractivity contribution in [2.75, 3.05) is 51.4 Å². The summed E-state index contributed by atoms with van der Waals surface area (Å²) in [5, 5.41) is 6.43. The molecule has 8 heteroatoms. The number of aliphatic imine (C=N–C) groups is 1. The highest BCUT2D eigenvalue weighted by atomic mass is 32.2. The van der Waals surface area contributed by atoms with E-state index in [9.17, 15) is 8.42 Å². The molecule has 1 fully saturated rings. The number of nitrogens with one attached hydrogen (secondary N) is 2. The van der Waals surface area contributed by atoms with E-state index in [0.717, 1.165) is 19.0 Å². The van der Waals surface area contributed by atoms with Gasteiger partial charge in [-0.25, -0.2) is 13.4 Å². The molecule has 0 atom stereocenters. The zero-order valence-electron chi connectivity index (χ0n) is 17.8. The van der Waals surface area contributed by atoms with Crippen molar-refractivity contribution < 1.29 is 13.2 Å². The number of hydrogen-bond acceptors (Lipinski definition) is 5. The number of nitrogens with zero attached hydrogens (tertiary/aromatic N) is 2. The smallest absolute Gasteiger partial charge is 0.191 e. The van der Waals surface area contributed by atoms with Gasteiger partial charge in [0.25, 0.3) is 0 Å². The van der Waals surface area contributed by atoms with Crippen LogP contribution in [0.3, 0.4) is 0 Å². The predicted octanol–water partition coefficient (Wildman–Crippen LogP) is 1.79. The zero-order valence-corrected chi connectivity index (χ0v) is 18.6. The molecule has 0 aromatic heterocycles.